The Hall–Kier alpha value is 0.110. The summed E-state index contributed by atoms with van der Waals surface area (Å²) < 4.78 is 5.27. The van der Waals surface area contributed by atoms with Crippen LogP contribution >= 0.6 is 27.5 Å². The number of aryl methyl sites for hydroxylation is 2. The van der Waals surface area contributed by atoms with Crippen molar-refractivity contribution in [1.82, 2.24) is 4.37 Å². The van der Waals surface area contributed by atoms with Crippen molar-refractivity contribution >= 4 is 27.5 Å². The van der Waals surface area contributed by atoms with Crippen LogP contribution in [0.4, 0.5) is 0 Å². The molecule has 0 aliphatic carbocycles. The average Bonchev–Trinajstić information content (AvgIpc) is 1.98. The van der Waals surface area contributed by atoms with Crippen molar-refractivity contribution in [2.24, 2.45) is 0 Å². The zero-order chi connectivity index (χ0) is 6.15. The average molecular weight is 192 g/mol. The molecule has 0 saturated heterocycles. The molecule has 0 radical (unpaired) electrons. The van der Waals surface area contributed by atoms with Gasteiger partial charge in [0.1, 0.15) is 0 Å². The molecule has 0 N–H and O–H groups in total. The molecule has 0 aromatic carbocycles. The van der Waals surface area contributed by atoms with Gasteiger partial charge < -0.3 is 0 Å². The molecule has 0 aliphatic heterocycles. The Bertz CT molecular complexity index is 175. The second kappa shape index (κ2) is 2.15. The maximum atomic E-state index is 4.11. The number of halogens is 1. The number of nitrogens with zero attached hydrogens (tertiary/aromatic N) is 1. The van der Waals surface area contributed by atoms with Crippen molar-refractivity contribution in [1.29, 1.82) is 0 Å². The predicted octanol–water partition coefficient (Wildman–Crippen LogP) is 2.52. The maximum absolute atomic E-state index is 4.11. The molecule has 8 heavy (non-hydrogen) atoms. The van der Waals surface area contributed by atoms with E-state index < -0.39 is 0 Å². The molecule has 0 fully saturated rings. The molecule has 0 spiro atoms. The Balaban J connectivity index is 3.19. The molecule has 1 nitrogen and oxygen atoms in total. The first-order valence-electron chi connectivity index (χ1n) is 2.30. The highest BCUT2D eigenvalue weighted by atomic mass is 79.9. The minimum Gasteiger partial charge on any atom is -0.197 e. The van der Waals surface area contributed by atoms with E-state index >= 15 is 0 Å². The molecule has 0 saturated carbocycles. The van der Waals surface area contributed by atoms with Gasteiger partial charge in [0.2, 0.25) is 0 Å². The van der Waals surface area contributed by atoms with E-state index in [0.29, 0.717) is 0 Å². The Morgan fingerprint density at radius 1 is 1.50 bits per heavy atom. The molecule has 1 aromatic rings. The van der Waals surface area contributed by atoms with Crippen LogP contribution in [0.2, 0.25) is 0 Å². The Morgan fingerprint density at radius 2 is 2.12 bits per heavy atom. The van der Waals surface area contributed by atoms with E-state index in [2.05, 4.69) is 27.2 Å². The second-order valence-electron chi connectivity index (χ2n) is 1.64. The molecule has 1 heterocycles. The Kier molecular flexibility index (Phi) is 1.68. The summed E-state index contributed by atoms with van der Waals surface area (Å²) in [5, 5.41) is 0. The van der Waals surface area contributed by atoms with Crippen LogP contribution in [0.1, 0.15) is 10.6 Å². The quantitative estimate of drug-likeness (QED) is 0.615. The van der Waals surface area contributed by atoms with Crippen LogP contribution in [0.3, 0.4) is 0 Å². The summed E-state index contributed by atoms with van der Waals surface area (Å²) in [5.74, 6) is 0. The molecule has 1 rings (SSSR count). The van der Waals surface area contributed by atoms with Gasteiger partial charge in [0.15, 0.2) is 0 Å². The van der Waals surface area contributed by atoms with Gasteiger partial charge in [-0.15, -0.1) is 0 Å². The fourth-order valence-electron chi connectivity index (χ4n) is 0.472. The maximum Gasteiger partial charge on any atom is 0.0656 e. The highest BCUT2D eigenvalue weighted by molar-refractivity contribution is 9.10. The first-order valence-corrected chi connectivity index (χ1v) is 3.87. The van der Waals surface area contributed by atoms with E-state index in [9.17, 15) is 0 Å². The van der Waals surface area contributed by atoms with Gasteiger partial charge in [-0.1, -0.05) is 0 Å². The molecule has 0 aliphatic rings. The molecule has 0 amide bonds. The van der Waals surface area contributed by atoms with Crippen molar-refractivity contribution in [2.75, 3.05) is 0 Å². The normalized spacial score (nSPS) is 9.88. The van der Waals surface area contributed by atoms with Gasteiger partial charge in [0.25, 0.3) is 0 Å². The minimum absolute atomic E-state index is 1.09. The number of hydrogen-bond acceptors (Lipinski definition) is 2. The smallest absolute Gasteiger partial charge is 0.0656 e. The molecule has 0 unspecified atom stereocenters. The number of rotatable bonds is 0. The van der Waals surface area contributed by atoms with Crippen molar-refractivity contribution < 1.29 is 0 Å². The van der Waals surface area contributed by atoms with Gasteiger partial charge >= 0.3 is 0 Å². The zero-order valence-electron chi connectivity index (χ0n) is 4.73. The molecule has 0 atom stereocenters. The topological polar surface area (TPSA) is 12.9 Å². The highest BCUT2D eigenvalue weighted by Crippen LogP contribution is 2.22. The predicted molar refractivity (Wildman–Crippen MR) is 39.3 cm³/mol. The second-order valence-corrected chi connectivity index (χ2v) is 3.41. The fraction of sp³-hybridized carbons (Fsp3) is 0.400. The van der Waals surface area contributed by atoms with Crippen molar-refractivity contribution in [3.05, 3.63) is 15.0 Å². The van der Waals surface area contributed by atoms with E-state index in [1.165, 1.54) is 16.4 Å². The molecule has 0 bridgehead atoms. The van der Waals surface area contributed by atoms with Crippen LogP contribution in [0.25, 0.3) is 0 Å². The van der Waals surface area contributed by atoms with Gasteiger partial charge in [0.05, 0.1) is 10.2 Å². The SMILES string of the molecule is Cc1nsc(C)c1Br. The fourth-order valence-corrected chi connectivity index (χ4v) is 1.49. The molecule has 3 heteroatoms. The Morgan fingerprint density at radius 3 is 2.25 bits per heavy atom. The first kappa shape index (κ1) is 6.23. The third-order valence-electron chi connectivity index (χ3n) is 0.946. The lowest BCUT2D eigenvalue weighted by Crippen LogP contribution is -1.66. The summed E-state index contributed by atoms with van der Waals surface area (Å²) in [6, 6.07) is 0. The monoisotopic (exact) mass is 191 g/mol. The lowest BCUT2D eigenvalue weighted by Gasteiger charge is -1.81. The van der Waals surface area contributed by atoms with E-state index in [-0.39, 0.29) is 0 Å². The van der Waals surface area contributed by atoms with Crippen LogP contribution in [-0.2, 0) is 0 Å². The van der Waals surface area contributed by atoms with Crippen LogP contribution in [0.5, 0.6) is 0 Å². The van der Waals surface area contributed by atoms with Crippen LogP contribution in [0.15, 0.2) is 4.47 Å². The zero-order valence-corrected chi connectivity index (χ0v) is 7.14. The lowest BCUT2D eigenvalue weighted by atomic mass is 10.4. The van der Waals surface area contributed by atoms with E-state index in [4.69, 9.17) is 0 Å². The summed E-state index contributed by atoms with van der Waals surface area (Å²) in [6.45, 7) is 4.04. The molecular weight excluding hydrogens is 186 g/mol. The lowest BCUT2D eigenvalue weighted by molar-refractivity contribution is 1.31. The van der Waals surface area contributed by atoms with Crippen LogP contribution in [0, 0.1) is 13.8 Å². The van der Waals surface area contributed by atoms with Crippen molar-refractivity contribution in [2.45, 2.75) is 13.8 Å². The standard InChI is InChI=1S/C5H6BrNS/c1-3-5(6)4(2)8-7-3/h1-2H3. The molecular formula is C5H6BrNS. The highest BCUT2D eigenvalue weighted by Gasteiger charge is 1.99. The number of aromatic nitrogens is 1. The van der Waals surface area contributed by atoms with Crippen LogP contribution < -0.4 is 0 Å². The van der Waals surface area contributed by atoms with Crippen molar-refractivity contribution in [3.63, 3.8) is 0 Å². The van der Waals surface area contributed by atoms with Gasteiger partial charge in [-0.2, -0.15) is 4.37 Å². The van der Waals surface area contributed by atoms with Crippen LogP contribution in [-0.4, -0.2) is 4.37 Å². The number of hydrogen-bond donors (Lipinski definition) is 0. The summed E-state index contributed by atoms with van der Waals surface area (Å²) >= 11 is 4.93. The van der Waals surface area contributed by atoms with Gasteiger partial charge in [0, 0.05) is 4.88 Å². The van der Waals surface area contributed by atoms with E-state index in [0.717, 1.165) is 10.2 Å². The van der Waals surface area contributed by atoms with E-state index in [1.807, 2.05) is 6.92 Å². The molecule has 1 aromatic heterocycles. The van der Waals surface area contributed by atoms with E-state index in [1.54, 1.807) is 0 Å². The summed E-state index contributed by atoms with van der Waals surface area (Å²) in [7, 11) is 0. The summed E-state index contributed by atoms with van der Waals surface area (Å²) in [4.78, 5) is 1.25. The van der Waals surface area contributed by atoms with Gasteiger partial charge in [-0.25, -0.2) is 0 Å². The summed E-state index contributed by atoms with van der Waals surface area (Å²) in [5.41, 5.74) is 1.09. The largest absolute Gasteiger partial charge is 0.197 e. The first-order chi connectivity index (χ1) is 3.72. The third kappa shape index (κ3) is 0.928. The van der Waals surface area contributed by atoms with Crippen molar-refractivity contribution in [3.8, 4) is 0 Å². The van der Waals surface area contributed by atoms with Gasteiger partial charge in [-0.3, -0.25) is 0 Å². The molecule has 44 valence electrons. The summed E-state index contributed by atoms with van der Waals surface area (Å²) in [6.07, 6.45) is 0. The third-order valence-corrected chi connectivity index (χ3v) is 3.22. The van der Waals surface area contributed by atoms with Gasteiger partial charge in [-0.05, 0) is 41.3 Å². The Labute approximate surface area is 61.0 Å². The minimum atomic E-state index is 1.09.